The Bertz CT molecular complexity index is 963. The van der Waals surface area contributed by atoms with Crippen LogP contribution in [0.5, 0.6) is 0 Å². The van der Waals surface area contributed by atoms with Crippen LogP contribution in [0.15, 0.2) is 53.4 Å². The first-order valence-corrected chi connectivity index (χ1v) is 12.0. The Morgan fingerprint density at radius 3 is 1.77 bits per heavy atom. The quantitative estimate of drug-likeness (QED) is 0.533. The molecule has 2 aromatic carbocycles. The van der Waals surface area contributed by atoms with Gasteiger partial charge in [-0.25, -0.2) is 8.42 Å². The summed E-state index contributed by atoms with van der Waals surface area (Å²) in [4.78, 5) is 23.7. The Balaban J connectivity index is 2.09. The average molecular weight is 446 g/mol. The van der Waals surface area contributed by atoms with Gasteiger partial charge in [0.1, 0.15) is 0 Å². The predicted octanol–water partition coefficient (Wildman–Crippen LogP) is 4.49. The summed E-state index contributed by atoms with van der Waals surface area (Å²) in [6.45, 7) is 6.50. The number of carbonyl (C=O) groups excluding carboxylic acids is 2. The Morgan fingerprint density at radius 1 is 0.806 bits per heavy atom. The molecule has 7 nitrogen and oxygen atoms in total. The molecule has 0 fully saturated rings. The summed E-state index contributed by atoms with van der Waals surface area (Å²) in [7, 11) is -3.57. The largest absolute Gasteiger partial charge is 0.326 e. The molecule has 0 unspecified atom stereocenters. The maximum Gasteiger partial charge on any atom is 0.255 e. The molecule has 0 aliphatic rings. The van der Waals surface area contributed by atoms with Gasteiger partial charge in [0.05, 0.1) is 4.90 Å². The molecule has 0 bridgehead atoms. The van der Waals surface area contributed by atoms with Crippen LogP contribution in [0.4, 0.5) is 11.4 Å². The normalized spacial score (nSPS) is 11.4. The Hall–Kier alpha value is -2.71. The van der Waals surface area contributed by atoms with E-state index in [0.717, 1.165) is 25.7 Å². The van der Waals surface area contributed by atoms with E-state index in [0.29, 0.717) is 30.0 Å². The van der Waals surface area contributed by atoms with Crippen LogP contribution in [-0.4, -0.2) is 37.6 Å². The van der Waals surface area contributed by atoms with E-state index in [1.807, 2.05) is 13.8 Å². The number of rotatable bonds is 11. The van der Waals surface area contributed by atoms with Gasteiger partial charge in [-0.05, 0) is 61.4 Å². The minimum absolute atomic E-state index is 0.185. The lowest BCUT2D eigenvalue weighted by Crippen LogP contribution is -2.33. The molecule has 2 N–H and O–H groups in total. The molecular formula is C23H31N3O4S. The number of unbranched alkanes of at least 4 members (excludes halogenated alkanes) is 2. The summed E-state index contributed by atoms with van der Waals surface area (Å²) in [5.41, 5.74) is 1.54. The van der Waals surface area contributed by atoms with Crippen molar-refractivity contribution in [2.75, 3.05) is 23.7 Å². The van der Waals surface area contributed by atoms with Crippen molar-refractivity contribution in [1.82, 2.24) is 4.31 Å². The van der Waals surface area contributed by atoms with Crippen LogP contribution in [0.25, 0.3) is 0 Å². The molecule has 8 heteroatoms. The van der Waals surface area contributed by atoms with Crippen LogP contribution < -0.4 is 10.6 Å². The molecule has 0 aliphatic carbocycles. The van der Waals surface area contributed by atoms with E-state index in [-0.39, 0.29) is 16.7 Å². The summed E-state index contributed by atoms with van der Waals surface area (Å²) in [6.07, 6.45) is 3.49. The van der Waals surface area contributed by atoms with Crippen molar-refractivity contribution in [3.63, 3.8) is 0 Å². The van der Waals surface area contributed by atoms with E-state index < -0.39 is 10.0 Å². The van der Waals surface area contributed by atoms with Crippen LogP contribution in [0.1, 0.15) is 56.8 Å². The van der Waals surface area contributed by atoms with Crippen LogP contribution in [-0.2, 0) is 14.8 Å². The Morgan fingerprint density at radius 2 is 1.29 bits per heavy atom. The molecule has 2 amide bonds. The summed E-state index contributed by atoms with van der Waals surface area (Å²) in [5, 5.41) is 5.40. The van der Waals surface area contributed by atoms with Gasteiger partial charge in [0.25, 0.3) is 5.91 Å². The van der Waals surface area contributed by atoms with Crippen molar-refractivity contribution in [3.8, 4) is 0 Å². The molecule has 168 valence electrons. The minimum Gasteiger partial charge on any atom is -0.326 e. The molecule has 31 heavy (non-hydrogen) atoms. The van der Waals surface area contributed by atoms with E-state index in [2.05, 4.69) is 10.6 Å². The lowest BCUT2D eigenvalue weighted by molar-refractivity contribution is -0.114. The zero-order valence-electron chi connectivity index (χ0n) is 18.3. The van der Waals surface area contributed by atoms with Crippen LogP contribution in [0.3, 0.4) is 0 Å². The summed E-state index contributed by atoms with van der Waals surface area (Å²) >= 11 is 0. The van der Waals surface area contributed by atoms with Gasteiger partial charge < -0.3 is 10.6 Å². The fourth-order valence-electron chi connectivity index (χ4n) is 2.99. The molecule has 0 heterocycles. The fourth-order valence-corrected chi connectivity index (χ4v) is 4.51. The smallest absolute Gasteiger partial charge is 0.255 e. The van der Waals surface area contributed by atoms with Gasteiger partial charge in [-0.3, -0.25) is 9.59 Å². The van der Waals surface area contributed by atoms with Gasteiger partial charge in [-0.1, -0.05) is 26.7 Å². The highest BCUT2D eigenvalue weighted by atomic mass is 32.2. The van der Waals surface area contributed by atoms with Gasteiger partial charge in [0.15, 0.2) is 0 Å². The monoisotopic (exact) mass is 445 g/mol. The van der Waals surface area contributed by atoms with E-state index in [1.165, 1.54) is 19.1 Å². The summed E-state index contributed by atoms with van der Waals surface area (Å²) in [6, 6.07) is 12.7. The van der Waals surface area contributed by atoms with Gasteiger partial charge in [0, 0.05) is 37.0 Å². The topological polar surface area (TPSA) is 95.6 Å². The zero-order valence-corrected chi connectivity index (χ0v) is 19.2. The third kappa shape index (κ3) is 7.18. The van der Waals surface area contributed by atoms with E-state index in [4.69, 9.17) is 0 Å². The highest BCUT2D eigenvalue weighted by Gasteiger charge is 2.23. The van der Waals surface area contributed by atoms with Crippen molar-refractivity contribution in [1.29, 1.82) is 0 Å². The molecule has 0 aromatic heterocycles. The Labute approximate surface area is 184 Å². The van der Waals surface area contributed by atoms with E-state index >= 15 is 0 Å². The van der Waals surface area contributed by atoms with Crippen molar-refractivity contribution in [2.45, 2.75) is 51.3 Å². The maximum absolute atomic E-state index is 13.0. The SMILES string of the molecule is CCCCN(CCCC)S(=O)(=O)c1ccc(NC(=O)c2ccc(NC(C)=O)cc2)cc1. The lowest BCUT2D eigenvalue weighted by Gasteiger charge is -2.22. The number of hydrogen-bond acceptors (Lipinski definition) is 4. The van der Waals surface area contributed by atoms with E-state index in [9.17, 15) is 18.0 Å². The number of anilines is 2. The first-order chi connectivity index (χ1) is 14.8. The second-order valence-electron chi connectivity index (χ2n) is 7.35. The molecule has 2 aromatic rings. The van der Waals surface area contributed by atoms with Crippen molar-refractivity contribution < 1.29 is 18.0 Å². The van der Waals surface area contributed by atoms with Crippen LogP contribution in [0, 0.1) is 0 Å². The second-order valence-corrected chi connectivity index (χ2v) is 9.29. The van der Waals surface area contributed by atoms with Crippen molar-refractivity contribution in [3.05, 3.63) is 54.1 Å². The number of amides is 2. The number of sulfonamides is 1. The molecule has 0 atom stereocenters. The molecule has 0 aliphatic heterocycles. The minimum atomic E-state index is -3.57. The molecule has 2 rings (SSSR count). The average Bonchev–Trinajstić information content (AvgIpc) is 2.74. The van der Waals surface area contributed by atoms with Gasteiger partial charge in [-0.15, -0.1) is 0 Å². The first kappa shape index (κ1) is 24.6. The number of nitrogens with one attached hydrogen (secondary N) is 2. The summed E-state index contributed by atoms with van der Waals surface area (Å²) in [5.74, 6) is -0.507. The molecular weight excluding hydrogens is 414 g/mol. The van der Waals surface area contributed by atoms with Crippen molar-refractivity contribution in [2.24, 2.45) is 0 Å². The van der Waals surface area contributed by atoms with Gasteiger partial charge in [-0.2, -0.15) is 4.31 Å². The molecule has 0 saturated heterocycles. The van der Waals surface area contributed by atoms with Gasteiger partial charge >= 0.3 is 0 Å². The second kappa shape index (κ2) is 11.6. The predicted molar refractivity (Wildman–Crippen MR) is 124 cm³/mol. The third-order valence-corrected chi connectivity index (χ3v) is 6.65. The molecule has 0 spiro atoms. The molecule has 0 radical (unpaired) electrons. The fraction of sp³-hybridized carbons (Fsp3) is 0.391. The van der Waals surface area contributed by atoms with Gasteiger partial charge in [0.2, 0.25) is 15.9 Å². The zero-order chi connectivity index (χ0) is 22.9. The molecule has 0 saturated carbocycles. The first-order valence-electron chi connectivity index (χ1n) is 10.6. The number of carbonyl (C=O) groups is 2. The van der Waals surface area contributed by atoms with Crippen molar-refractivity contribution >= 4 is 33.2 Å². The Kier molecular flexibility index (Phi) is 9.21. The number of nitrogens with zero attached hydrogens (tertiary/aromatic N) is 1. The van der Waals surface area contributed by atoms with Crippen LogP contribution in [0.2, 0.25) is 0 Å². The number of hydrogen-bond donors (Lipinski definition) is 2. The highest BCUT2D eigenvalue weighted by molar-refractivity contribution is 7.89. The third-order valence-electron chi connectivity index (χ3n) is 4.74. The standard InChI is InChI=1S/C23H31N3O4S/c1-4-6-16-26(17-7-5-2)31(29,30)22-14-12-21(13-15-22)25-23(28)19-8-10-20(11-9-19)24-18(3)27/h8-15H,4-7,16-17H2,1-3H3,(H,24,27)(H,25,28). The maximum atomic E-state index is 13.0. The number of benzene rings is 2. The highest BCUT2D eigenvalue weighted by Crippen LogP contribution is 2.20. The van der Waals surface area contributed by atoms with Crippen LogP contribution >= 0.6 is 0 Å². The summed E-state index contributed by atoms with van der Waals surface area (Å²) < 4.78 is 27.6. The lowest BCUT2D eigenvalue weighted by atomic mass is 10.2. The van der Waals surface area contributed by atoms with E-state index in [1.54, 1.807) is 40.7 Å².